The summed E-state index contributed by atoms with van der Waals surface area (Å²) in [7, 11) is 1.99. The number of nitrogens with one attached hydrogen (secondary N) is 1. The Morgan fingerprint density at radius 2 is 1.86 bits per heavy atom. The molecule has 1 fully saturated rings. The summed E-state index contributed by atoms with van der Waals surface area (Å²) in [6, 6.07) is 8.44. The Hall–Kier alpha value is -1.84. The SMILES string of the molecule is Cc1ccc(NCc2nc(C3CCCCC3)nn2C)cc1. The zero-order valence-electron chi connectivity index (χ0n) is 13.0. The van der Waals surface area contributed by atoms with E-state index in [1.165, 1.54) is 37.7 Å². The van der Waals surface area contributed by atoms with E-state index in [-0.39, 0.29) is 0 Å². The van der Waals surface area contributed by atoms with Crippen molar-refractivity contribution in [3.63, 3.8) is 0 Å². The molecule has 0 saturated heterocycles. The van der Waals surface area contributed by atoms with Gasteiger partial charge in [0.05, 0.1) is 6.54 Å². The number of benzene rings is 1. The van der Waals surface area contributed by atoms with Gasteiger partial charge in [-0.1, -0.05) is 37.0 Å². The molecule has 4 nitrogen and oxygen atoms in total. The van der Waals surface area contributed by atoms with E-state index >= 15 is 0 Å². The molecule has 2 aromatic rings. The Bertz CT molecular complexity index is 579. The lowest BCUT2D eigenvalue weighted by Crippen LogP contribution is -2.06. The molecule has 21 heavy (non-hydrogen) atoms. The van der Waals surface area contributed by atoms with Gasteiger partial charge in [0.1, 0.15) is 5.82 Å². The average molecular weight is 284 g/mol. The van der Waals surface area contributed by atoms with Crippen LogP contribution < -0.4 is 5.32 Å². The van der Waals surface area contributed by atoms with E-state index in [1.54, 1.807) is 0 Å². The highest BCUT2D eigenvalue weighted by molar-refractivity contribution is 5.44. The fourth-order valence-corrected chi connectivity index (χ4v) is 2.98. The average Bonchev–Trinajstić information content (AvgIpc) is 2.89. The summed E-state index contributed by atoms with van der Waals surface area (Å²) >= 11 is 0. The molecule has 0 radical (unpaired) electrons. The number of aryl methyl sites for hydroxylation is 2. The van der Waals surface area contributed by atoms with Gasteiger partial charge in [-0.3, -0.25) is 4.68 Å². The van der Waals surface area contributed by atoms with Gasteiger partial charge in [0.2, 0.25) is 0 Å². The zero-order chi connectivity index (χ0) is 14.7. The molecule has 3 rings (SSSR count). The van der Waals surface area contributed by atoms with Crippen LogP contribution in [0.4, 0.5) is 5.69 Å². The first-order valence-corrected chi connectivity index (χ1v) is 7.93. The number of hydrogen-bond donors (Lipinski definition) is 1. The first-order valence-electron chi connectivity index (χ1n) is 7.93. The first-order chi connectivity index (χ1) is 10.2. The van der Waals surface area contributed by atoms with E-state index in [0.29, 0.717) is 5.92 Å². The van der Waals surface area contributed by atoms with Gasteiger partial charge in [-0.2, -0.15) is 5.10 Å². The van der Waals surface area contributed by atoms with Crippen molar-refractivity contribution in [3.05, 3.63) is 41.5 Å². The molecule has 112 valence electrons. The summed E-state index contributed by atoms with van der Waals surface area (Å²) in [6.07, 6.45) is 6.49. The molecule has 0 atom stereocenters. The predicted octanol–water partition coefficient (Wildman–Crippen LogP) is 3.78. The van der Waals surface area contributed by atoms with Gasteiger partial charge in [-0.15, -0.1) is 0 Å². The van der Waals surface area contributed by atoms with Crippen LogP contribution >= 0.6 is 0 Å². The second-order valence-electron chi connectivity index (χ2n) is 6.06. The summed E-state index contributed by atoms with van der Waals surface area (Å²) in [4.78, 5) is 4.76. The van der Waals surface area contributed by atoms with Crippen LogP contribution in [0.5, 0.6) is 0 Å². The summed E-state index contributed by atoms with van der Waals surface area (Å²) in [5.74, 6) is 2.62. The number of anilines is 1. The molecule has 1 heterocycles. The number of hydrogen-bond acceptors (Lipinski definition) is 3. The third kappa shape index (κ3) is 3.43. The van der Waals surface area contributed by atoms with Crippen LogP contribution in [-0.4, -0.2) is 14.8 Å². The Morgan fingerprint density at radius 1 is 1.14 bits per heavy atom. The zero-order valence-corrected chi connectivity index (χ0v) is 13.0. The highest BCUT2D eigenvalue weighted by Gasteiger charge is 2.20. The van der Waals surface area contributed by atoms with Crippen molar-refractivity contribution in [2.24, 2.45) is 7.05 Å². The summed E-state index contributed by atoms with van der Waals surface area (Å²) in [6.45, 7) is 2.82. The number of rotatable bonds is 4. The van der Waals surface area contributed by atoms with Gasteiger partial charge in [-0.05, 0) is 31.9 Å². The van der Waals surface area contributed by atoms with Crippen molar-refractivity contribution in [2.75, 3.05) is 5.32 Å². The fourth-order valence-electron chi connectivity index (χ4n) is 2.98. The van der Waals surface area contributed by atoms with Gasteiger partial charge in [-0.25, -0.2) is 4.98 Å². The molecule has 4 heteroatoms. The lowest BCUT2D eigenvalue weighted by molar-refractivity contribution is 0.427. The smallest absolute Gasteiger partial charge is 0.154 e. The molecule has 1 aliphatic rings. The third-order valence-electron chi connectivity index (χ3n) is 4.34. The Kier molecular flexibility index (Phi) is 4.23. The largest absolute Gasteiger partial charge is 0.378 e. The molecule has 0 unspecified atom stereocenters. The number of aromatic nitrogens is 3. The van der Waals surface area contributed by atoms with Gasteiger partial charge in [0, 0.05) is 18.7 Å². The van der Waals surface area contributed by atoms with Gasteiger partial charge < -0.3 is 5.32 Å². The van der Waals surface area contributed by atoms with Crippen molar-refractivity contribution < 1.29 is 0 Å². The quantitative estimate of drug-likeness (QED) is 0.929. The molecular weight excluding hydrogens is 260 g/mol. The van der Waals surface area contributed by atoms with E-state index in [2.05, 4.69) is 41.6 Å². The summed E-state index contributed by atoms with van der Waals surface area (Å²) < 4.78 is 1.92. The number of nitrogens with zero attached hydrogens (tertiary/aromatic N) is 3. The molecule has 1 N–H and O–H groups in total. The maximum atomic E-state index is 4.76. The highest BCUT2D eigenvalue weighted by Crippen LogP contribution is 2.30. The second-order valence-corrected chi connectivity index (χ2v) is 6.06. The molecular formula is C17H24N4. The van der Waals surface area contributed by atoms with Crippen LogP contribution in [0.3, 0.4) is 0 Å². The van der Waals surface area contributed by atoms with Crippen molar-refractivity contribution in [3.8, 4) is 0 Å². The molecule has 1 aromatic heterocycles. The molecule has 0 amide bonds. The molecule has 0 aliphatic heterocycles. The van der Waals surface area contributed by atoms with Crippen LogP contribution in [0.25, 0.3) is 0 Å². The first kappa shape index (κ1) is 14.1. The van der Waals surface area contributed by atoms with Crippen molar-refractivity contribution in [2.45, 2.75) is 51.5 Å². The van der Waals surface area contributed by atoms with E-state index in [0.717, 1.165) is 23.9 Å². The van der Waals surface area contributed by atoms with E-state index in [1.807, 2.05) is 11.7 Å². The molecule has 0 spiro atoms. The van der Waals surface area contributed by atoms with E-state index in [4.69, 9.17) is 4.98 Å². The van der Waals surface area contributed by atoms with Crippen LogP contribution in [-0.2, 0) is 13.6 Å². The van der Waals surface area contributed by atoms with E-state index < -0.39 is 0 Å². The lowest BCUT2D eigenvalue weighted by atomic mass is 9.89. The van der Waals surface area contributed by atoms with E-state index in [9.17, 15) is 0 Å². The Balaban J connectivity index is 1.65. The maximum absolute atomic E-state index is 4.76. The standard InChI is InChI=1S/C17H24N4/c1-13-8-10-15(11-9-13)18-12-16-19-17(20-21(16)2)14-6-4-3-5-7-14/h8-11,14,18H,3-7,12H2,1-2H3. The van der Waals surface area contributed by atoms with Crippen LogP contribution in [0.2, 0.25) is 0 Å². The fraction of sp³-hybridized carbons (Fsp3) is 0.529. The minimum Gasteiger partial charge on any atom is -0.378 e. The van der Waals surface area contributed by atoms with Crippen molar-refractivity contribution in [1.82, 2.24) is 14.8 Å². The maximum Gasteiger partial charge on any atom is 0.154 e. The van der Waals surface area contributed by atoms with Gasteiger partial charge >= 0.3 is 0 Å². The predicted molar refractivity (Wildman–Crippen MR) is 85.3 cm³/mol. The summed E-state index contributed by atoms with van der Waals surface area (Å²) in [5, 5.41) is 8.05. The lowest BCUT2D eigenvalue weighted by Gasteiger charge is -2.18. The molecule has 1 saturated carbocycles. The normalized spacial score (nSPS) is 16.1. The monoisotopic (exact) mass is 284 g/mol. The van der Waals surface area contributed by atoms with Gasteiger partial charge in [0.15, 0.2) is 5.82 Å². The summed E-state index contributed by atoms with van der Waals surface area (Å²) in [5.41, 5.74) is 2.40. The Labute approximate surface area is 126 Å². The Morgan fingerprint density at radius 3 is 2.57 bits per heavy atom. The highest BCUT2D eigenvalue weighted by atomic mass is 15.3. The van der Waals surface area contributed by atoms with Crippen molar-refractivity contribution >= 4 is 5.69 Å². The van der Waals surface area contributed by atoms with Crippen LogP contribution in [0.1, 0.15) is 55.2 Å². The molecule has 0 bridgehead atoms. The second kappa shape index (κ2) is 6.29. The molecule has 1 aromatic carbocycles. The van der Waals surface area contributed by atoms with Gasteiger partial charge in [0.25, 0.3) is 0 Å². The van der Waals surface area contributed by atoms with Crippen molar-refractivity contribution in [1.29, 1.82) is 0 Å². The topological polar surface area (TPSA) is 42.7 Å². The minimum absolute atomic E-state index is 0.568. The minimum atomic E-state index is 0.568. The van der Waals surface area contributed by atoms with Crippen LogP contribution in [0, 0.1) is 6.92 Å². The molecule has 1 aliphatic carbocycles. The third-order valence-corrected chi connectivity index (χ3v) is 4.34. The van der Waals surface area contributed by atoms with Crippen LogP contribution in [0.15, 0.2) is 24.3 Å².